The van der Waals surface area contributed by atoms with Gasteiger partial charge in [0.25, 0.3) is 0 Å². The molecule has 6 heteroatoms. The molecule has 1 atom stereocenters. The molecule has 0 unspecified atom stereocenters. The van der Waals surface area contributed by atoms with Gasteiger partial charge in [0.15, 0.2) is 0 Å². The maximum atomic E-state index is 12.9. The molecule has 0 spiro atoms. The van der Waals surface area contributed by atoms with E-state index >= 15 is 0 Å². The summed E-state index contributed by atoms with van der Waals surface area (Å²) in [5, 5.41) is 3.34. The average Bonchev–Trinajstić information content (AvgIpc) is 3.03. The van der Waals surface area contributed by atoms with Crippen LogP contribution < -0.4 is 5.32 Å². The van der Waals surface area contributed by atoms with Gasteiger partial charge in [-0.3, -0.25) is 4.90 Å². The van der Waals surface area contributed by atoms with Gasteiger partial charge < -0.3 is 5.32 Å². The number of rotatable bonds is 4. The molecule has 3 rings (SSSR count). The molecule has 0 bridgehead atoms. The van der Waals surface area contributed by atoms with E-state index in [2.05, 4.69) is 10.2 Å². The van der Waals surface area contributed by atoms with Crippen molar-refractivity contribution in [3.63, 3.8) is 0 Å². The topological polar surface area (TPSA) is 15.3 Å². The number of piperazine rings is 1. The van der Waals surface area contributed by atoms with E-state index in [4.69, 9.17) is 0 Å². The van der Waals surface area contributed by atoms with Crippen LogP contribution in [0.1, 0.15) is 37.3 Å². The second-order valence-corrected chi connectivity index (χ2v) is 7.47. The lowest BCUT2D eigenvalue weighted by atomic mass is 9.89. The summed E-state index contributed by atoms with van der Waals surface area (Å²) in [6, 6.07) is 7.23. The summed E-state index contributed by atoms with van der Waals surface area (Å²) in [5.41, 5.74) is -3.37. The predicted molar refractivity (Wildman–Crippen MR) is 87.5 cm³/mol. The van der Waals surface area contributed by atoms with Crippen molar-refractivity contribution in [1.82, 2.24) is 10.2 Å². The van der Waals surface area contributed by atoms with Gasteiger partial charge in [-0.2, -0.15) is 13.2 Å². The monoisotopic (exact) mass is 344 g/mol. The third-order valence-electron chi connectivity index (χ3n) is 4.85. The van der Waals surface area contributed by atoms with Gasteiger partial charge in [-0.15, -0.1) is 0 Å². The quantitative estimate of drug-likeness (QED) is 0.813. The van der Waals surface area contributed by atoms with Crippen LogP contribution >= 0.6 is 11.8 Å². The minimum atomic E-state index is -4.24. The predicted octanol–water partition coefficient (Wildman–Crippen LogP) is 4.44. The van der Waals surface area contributed by atoms with Crippen LogP contribution in [-0.4, -0.2) is 36.6 Å². The van der Waals surface area contributed by atoms with Crippen LogP contribution in [0.3, 0.4) is 0 Å². The van der Waals surface area contributed by atoms with Crippen LogP contribution in [-0.2, 0) is 0 Å². The number of halogens is 3. The standard InChI is InChI=1S/C17H23F3N2S/c18-17(19,20)23-15-8-4-3-7-14(15)16(13-5-1-2-6-13)22-11-9-21-10-12-22/h3-4,7-8,13,16,21H,1-2,5-6,9-12H2/t16-/m0/s1. The van der Waals surface area contributed by atoms with Crippen molar-refractivity contribution in [3.8, 4) is 0 Å². The summed E-state index contributed by atoms with van der Waals surface area (Å²) in [7, 11) is 0. The maximum Gasteiger partial charge on any atom is 0.446 e. The van der Waals surface area contributed by atoms with Crippen molar-refractivity contribution in [3.05, 3.63) is 29.8 Å². The highest BCUT2D eigenvalue weighted by Gasteiger charge is 2.36. The first kappa shape index (κ1) is 17.1. The molecule has 1 aromatic rings. The molecule has 1 aromatic carbocycles. The molecule has 2 nitrogen and oxygen atoms in total. The van der Waals surface area contributed by atoms with Crippen molar-refractivity contribution in [2.75, 3.05) is 26.2 Å². The molecule has 2 fully saturated rings. The summed E-state index contributed by atoms with van der Waals surface area (Å²) in [4.78, 5) is 2.76. The molecule has 0 amide bonds. The van der Waals surface area contributed by atoms with E-state index in [1.807, 2.05) is 12.1 Å². The first-order chi connectivity index (χ1) is 11.0. The van der Waals surface area contributed by atoms with Gasteiger partial charge in [0.1, 0.15) is 0 Å². The smallest absolute Gasteiger partial charge is 0.314 e. The minimum Gasteiger partial charge on any atom is -0.314 e. The number of alkyl halides is 3. The van der Waals surface area contributed by atoms with E-state index in [0.717, 1.165) is 44.6 Å². The van der Waals surface area contributed by atoms with Crippen LogP contribution in [0.5, 0.6) is 0 Å². The van der Waals surface area contributed by atoms with E-state index < -0.39 is 5.51 Å². The first-order valence-corrected chi connectivity index (χ1v) is 9.16. The van der Waals surface area contributed by atoms with E-state index in [1.54, 1.807) is 12.1 Å². The number of nitrogens with zero attached hydrogens (tertiary/aromatic N) is 1. The average molecular weight is 344 g/mol. The molecule has 1 aliphatic heterocycles. The lowest BCUT2D eigenvalue weighted by Crippen LogP contribution is -2.46. The summed E-state index contributed by atoms with van der Waals surface area (Å²) in [6.45, 7) is 3.65. The van der Waals surface area contributed by atoms with E-state index in [-0.39, 0.29) is 17.8 Å². The highest BCUT2D eigenvalue weighted by atomic mass is 32.2. The molecule has 1 N–H and O–H groups in total. The fourth-order valence-electron chi connectivity index (χ4n) is 3.92. The van der Waals surface area contributed by atoms with Gasteiger partial charge in [0.2, 0.25) is 0 Å². The molecule has 1 heterocycles. The van der Waals surface area contributed by atoms with E-state index in [9.17, 15) is 13.2 Å². The van der Waals surface area contributed by atoms with E-state index in [1.165, 1.54) is 12.8 Å². The second-order valence-electron chi connectivity index (χ2n) is 6.36. The molecule has 2 aliphatic rings. The number of thioether (sulfide) groups is 1. The van der Waals surface area contributed by atoms with Crippen LogP contribution in [0.4, 0.5) is 13.2 Å². The Hall–Kier alpha value is -0.720. The summed E-state index contributed by atoms with van der Waals surface area (Å²) in [6.07, 6.45) is 4.64. The van der Waals surface area contributed by atoms with Gasteiger partial charge in [-0.25, -0.2) is 0 Å². The van der Waals surface area contributed by atoms with Gasteiger partial charge in [0.05, 0.1) is 0 Å². The number of benzene rings is 1. The molecule has 0 radical (unpaired) electrons. The lowest BCUT2D eigenvalue weighted by molar-refractivity contribution is -0.0329. The Morgan fingerprint density at radius 3 is 2.39 bits per heavy atom. The molecule has 1 aliphatic carbocycles. The first-order valence-electron chi connectivity index (χ1n) is 8.34. The van der Waals surface area contributed by atoms with E-state index in [0.29, 0.717) is 10.8 Å². The van der Waals surface area contributed by atoms with Crippen molar-refractivity contribution >= 4 is 11.8 Å². The molecular formula is C17H23F3N2S. The summed E-state index contributed by atoms with van der Waals surface area (Å²) >= 11 is 0.0362. The molecule has 0 aromatic heterocycles. The fraction of sp³-hybridized carbons (Fsp3) is 0.647. The summed E-state index contributed by atoms with van der Waals surface area (Å²) < 4.78 is 38.8. The Labute approximate surface area is 139 Å². The number of nitrogens with one attached hydrogen (secondary N) is 1. The SMILES string of the molecule is FC(F)(F)Sc1ccccc1[C@H](C1CCCC1)N1CCNCC1. The largest absolute Gasteiger partial charge is 0.446 e. The van der Waals surface area contributed by atoms with Crippen LogP contribution in [0.2, 0.25) is 0 Å². The van der Waals surface area contributed by atoms with Crippen LogP contribution in [0.25, 0.3) is 0 Å². The highest BCUT2D eigenvalue weighted by molar-refractivity contribution is 8.00. The van der Waals surface area contributed by atoms with Gasteiger partial charge in [-0.05, 0) is 42.2 Å². The second kappa shape index (κ2) is 7.45. The van der Waals surface area contributed by atoms with Gasteiger partial charge >= 0.3 is 5.51 Å². The Balaban J connectivity index is 1.92. The Morgan fingerprint density at radius 1 is 1.09 bits per heavy atom. The molecule has 128 valence electrons. The van der Waals surface area contributed by atoms with Crippen molar-refractivity contribution < 1.29 is 13.2 Å². The Morgan fingerprint density at radius 2 is 1.74 bits per heavy atom. The van der Waals surface area contributed by atoms with Gasteiger partial charge in [0, 0.05) is 37.1 Å². The van der Waals surface area contributed by atoms with Gasteiger partial charge in [-0.1, -0.05) is 31.0 Å². The fourth-order valence-corrected chi connectivity index (χ4v) is 4.63. The zero-order chi connectivity index (χ0) is 16.3. The molecule has 1 saturated heterocycles. The summed E-state index contributed by atoms with van der Waals surface area (Å²) in [5.74, 6) is 0.475. The van der Waals surface area contributed by atoms with Crippen LogP contribution in [0.15, 0.2) is 29.2 Å². The molecule has 23 heavy (non-hydrogen) atoms. The zero-order valence-corrected chi connectivity index (χ0v) is 13.9. The minimum absolute atomic E-state index is 0.0362. The Kier molecular flexibility index (Phi) is 5.54. The Bertz CT molecular complexity index is 509. The normalized spacial score (nSPS) is 22.4. The van der Waals surface area contributed by atoms with Crippen molar-refractivity contribution in [2.45, 2.75) is 42.1 Å². The molecular weight excluding hydrogens is 321 g/mol. The zero-order valence-electron chi connectivity index (χ0n) is 13.1. The number of hydrogen-bond acceptors (Lipinski definition) is 3. The lowest BCUT2D eigenvalue weighted by Gasteiger charge is -2.39. The maximum absolute atomic E-state index is 12.9. The van der Waals surface area contributed by atoms with Crippen molar-refractivity contribution in [2.24, 2.45) is 5.92 Å². The molecule has 1 saturated carbocycles. The number of hydrogen-bond donors (Lipinski definition) is 1. The highest BCUT2D eigenvalue weighted by Crippen LogP contribution is 2.46. The van der Waals surface area contributed by atoms with Crippen molar-refractivity contribution in [1.29, 1.82) is 0 Å². The van der Waals surface area contributed by atoms with Crippen LogP contribution in [0, 0.1) is 5.92 Å². The third kappa shape index (κ3) is 4.43. The third-order valence-corrected chi connectivity index (χ3v) is 5.68.